The smallest absolute Gasteiger partial charge is 0.248 e. The highest BCUT2D eigenvalue weighted by Crippen LogP contribution is 2.43. The molecule has 0 unspecified atom stereocenters. The van der Waals surface area contributed by atoms with Crippen molar-refractivity contribution in [2.45, 2.75) is 31.9 Å². The standard InChI is InChI=1S/C10H14F2N2/c11-10(12)4-8(5-10)7-14-3-1-2-9(14)6-13/h1-3,8H,4-7,13H2. The molecule has 0 saturated heterocycles. The van der Waals surface area contributed by atoms with E-state index in [1.54, 1.807) is 0 Å². The fourth-order valence-corrected chi connectivity index (χ4v) is 2.01. The van der Waals surface area contributed by atoms with Crippen molar-refractivity contribution in [3.8, 4) is 0 Å². The molecule has 14 heavy (non-hydrogen) atoms. The van der Waals surface area contributed by atoms with Crippen LogP contribution in [0.15, 0.2) is 18.3 Å². The first-order valence-corrected chi connectivity index (χ1v) is 4.82. The van der Waals surface area contributed by atoms with E-state index in [9.17, 15) is 8.78 Å². The van der Waals surface area contributed by atoms with Crippen molar-refractivity contribution >= 4 is 0 Å². The predicted octanol–water partition coefficient (Wildman–Crippen LogP) is 1.99. The normalized spacial score (nSPS) is 20.8. The average molecular weight is 200 g/mol. The molecule has 0 aliphatic heterocycles. The maximum atomic E-state index is 12.6. The molecule has 78 valence electrons. The molecule has 1 aromatic rings. The topological polar surface area (TPSA) is 30.9 Å². The third-order valence-electron chi connectivity index (χ3n) is 2.76. The molecule has 4 heteroatoms. The summed E-state index contributed by atoms with van der Waals surface area (Å²) < 4.78 is 27.1. The van der Waals surface area contributed by atoms with Crippen LogP contribution in [-0.4, -0.2) is 10.5 Å². The zero-order valence-corrected chi connectivity index (χ0v) is 7.92. The molecule has 1 heterocycles. The Morgan fingerprint density at radius 3 is 2.79 bits per heavy atom. The molecule has 1 saturated carbocycles. The van der Waals surface area contributed by atoms with Crippen molar-refractivity contribution in [3.05, 3.63) is 24.0 Å². The second kappa shape index (κ2) is 3.35. The van der Waals surface area contributed by atoms with Crippen LogP contribution in [0.3, 0.4) is 0 Å². The first-order valence-electron chi connectivity index (χ1n) is 4.82. The number of alkyl halides is 2. The van der Waals surface area contributed by atoms with Crippen LogP contribution in [0.1, 0.15) is 18.5 Å². The number of aromatic nitrogens is 1. The summed E-state index contributed by atoms with van der Waals surface area (Å²) in [5.74, 6) is -2.30. The minimum atomic E-state index is -2.42. The summed E-state index contributed by atoms with van der Waals surface area (Å²) in [4.78, 5) is 0. The van der Waals surface area contributed by atoms with Crippen LogP contribution >= 0.6 is 0 Å². The van der Waals surface area contributed by atoms with E-state index in [0.717, 1.165) is 5.69 Å². The molecule has 2 rings (SSSR count). The Morgan fingerprint density at radius 2 is 2.21 bits per heavy atom. The monoisotopic (exact) mass is 200 g/mol. The van der Waals surface area contributed by atoms with Gasteiger partial charge in [0, 0.05) is 37.8 Å². The number of hydrogen-bond acceptors (Lipinski definition) is 1. The van der Waals surface area contributed by atoms with E-state index in [4.69, 9.17) is 5.73 Å². The van der Waals surface area contributed by atoms with Crippen molar-refractivity contribution in [1.82, 2.24) is 4.57 Å². The molecule has 1 fully saturated rings. The van der Waals surface area contributed by atoms with Crippen molar-refractivity contribution in [3.63, 3.8) is 0 Å². The zero-order chi connectivity index (χ0) is 10.2. The van der Waals surface area contributed by atoms with Gasteiger partial charge in [-0.05, 0) is 18.1 Å². The minimum Gasteiger partial charge on any atom is -0.350 e. The van der Waals surface area contributed by atoms with Crippen LogP contribution in [0.25, 0.3) is 0 Å². The fraction of sp³-hybridized carbons (Fsp3) is 0.600. The van der Waals surface area contributed by atoms with Crippen molar-refractivity contribution in [2.75, 3.05) is 0 Å². The lowest BCUT2D eigenvalue weighted by atomic mass is 9.81. The molecule has 1 aromatic heterocycles. The number of rotatable bonds is 3. The molecule has 1 aliphatic carbocycles. The van der Waals surface area contributed by atoms with Crippen LogP contribution in [0, 0.1) is 5.92 Å². The van der Waals surface area contributed by atoms with E-state index >= 15 is 0 Å². The first-order chi connectivity index (χ1) is 6.61. The fourth-order valence-electron chi connectivity index (χ4n) is 2.01. The lowest BCUT2D eigenvalue weighted by Crippen LogP contribution is -2.37. The first kappa shape index (κ1) is 9.65. The molecule has 1 aliphatic rings. The Labute approximate surface area is 81.7 Å². The summed E-state index contributed by atoms with van der Waals surface area (Å²) in [6.07, 6.45) is 1.95. The molecule has 0 radical (unpaired) electrons. The van der Waals surface area contributed by atoms with Gasteiger partial charge in [0.05, 0.1) is 0 Å². The van der Waals surface area contributed by atoms with Gasteiger partial charge in [0.2, 0.25) is 5.92 Å². The molecule has 0 atom stereocenters. The lowest BCUT2D eigenvalue weighted by Gasteiger charge is -2.35. The van der Waals surface area contributed by atoms with Gasteiger partial charge in [-0.1, -0.05) is 0 Å². The van der Waals surface area contributed by atoms with Gasteiger partial charge in [-0.25, -0.2) is 8.78 Å². The summed E-state index contributed by atoms with van der Waals surface area (Å²) >= 11 is 0. The number of halogens is 2. The molecule has 2 N–H and O–H groups in total. The quantitative estimate of drug-likeness (QED) is 0.794. The van der Waals surface area contributed by atoms with Gasteiger partial charge < -0.3 is 10.3 Å². The van der Waals surface area contributed by atoms with Crippen LogP contribution in [0.5, 0.6) is 0 Å². The number of hydrogen-bond donors (Lipinski definition) is 1. The maximum Gasteiger partial charge on any atom is 0.248 e. The highest BCUT2D eigenvalue weighted by Gasteiger charge is 2.45. The Balaban J connectivity index is 1.93. The van der Waals surface area contributed by atoms with Gasteiger partial charge in [0.1, 0.15) is 0 Å². The zero-order valence-electron chi connectivity index (χ0n) is 7.92. The minimum absolute atomic E-state index is 0.0230. The van der Waals surface area contributed by atoms with Crippen molar-refractivity contribution < 1.29 is 8.78 Å². The molecule has 0 bridgehead atoms. The average Bonchev–Trinajstić information content (AvgIpc) is 2.48. The molecule has 0 aromatic carbocycles. The van der Waals surface area contributed by atoms with Crippen molar-refractivity contribution in [1.29, 1.82) is 0 Å². The van der Waals surface area contributed by atoms with Crippen LogP contribution in [0.4, 0.5) is 8.78 Å². The van der Waals surface area contributed by atoms with Crippen molar-refractivity contribution in [2.24, 2.45) is 11.7 Å². The Hall–Kier alpha value is -0.900. The summed E-state index contributed by atoms with van der Waals surface area (Å²) in [5, 5.41) is 0. The Kier molecular flexibility index (Phi) is 2.31. The van der Waals surface area contributed by atoms with E-state index in [-0.39, 0.29) is 18.8 Å². The van der Waals surface area contributed by atoms with E-state index in [2.05, 4.69) is 0 Å². The SMILES string of the molecule is NCc1cccn1CC1CC(F)(F)C1. The molecular weight excluding hydrogens is 186 g/mol. The number of nitrogens with two attached hydrogens (primary N) is 1. The lowest BCUT2D eigenvalue weighted by molar-refractivity contribution is -0.114. The van der Waals surface area contributed by atoms with Gasteiger partial charge in [-0.15, -0.1) is 0 Å². The number of nitrogens with zero attached hydrogens (tertiary/aromatic N) is 1. The molecular formula is C10H14F2N2. The van der Waals surface area contributed by atoms with Crippen LogP contribution in [0.2, 0.25) is 0 Å². The van der Waals surface area contributed by atoms with E-state index in [1.165, 1.54) is 0 Å². The highest BCUT2D eigenvalue weighted by atomic mass is 19.3. The third kappa shape index (κ3) is 1.80. The third-order valence-corrected chi connectivity index (χ3v) is 2.76. The van der Waals surface area contributed by atoms with Gasteiger partial charge in [-0.2, -0.15) is 0 Å². The molecule has 2 nitrogen and oxygen atoms in total. The summed E-state index contributed by atoms with van der Waals surface area (Å²) in [7, 11) is 0. The summed E-state index contributed by atoms with van der Waals surface area (Å²) in [6.45, 7) is 1.14. The second-order valence-corrected chi connectivity index (χ2v) is 3.99. The Bertz CT molecular complexity index is 312. The predicted molar refractivity (Wildman–Crippen MR) is 50.0 cm³/mol. The maximum absolute atomic E-state index is 12.6. The highest BCUT2D eigenvalue weighted by molar-refractivity contribution is 5.07. The van der Waals surface area contributed by atoms with E-state index < -0.39 is 5.92 Å². The summed E-state index contributed by atoms with van der Waals surface area (Å²) in [6, 6.07) is 3.83. The van der Waals surface area contributed by atoms with Gasteiger partial charge in [0.15, 0.2) is 0 Å². The van der Waals surface area contributed by atoms with Gasteiger partial charge >= 0.3 is 0 Å². The van der Waals surface area contributed by atoms with Crippen LogP contribution in [-0.2, 0) is 13.1 Å². The molecule has 0 spiro atoms. The molecule has 0 amide bonds. The van der Waals surface area contributed by atoms with Gasteiger partial charge in [-0.3, -0.25) is 0 Å². The van der Waals surface area contributed by atoms with Gasteiger partial charge in [0.25, 0.3) is 0 Å². The largest absolute Gasteiger partial charge is 0.350 e. The van der Waals surface area contributed by atoms with E-state index in [0.29, 0.717) is 13.1 Å². The second-order valence-electron chi connectivity index (χ2n) is 3.99. The van der Waals surface area contributed by atoms with Crippen LogP contribution < -0.4 is 5.73 Å². The Morgan fingerprint density at radius 1 is 1.50 bits per heavy atom. The summed E-state index contributed by atoms with van der Waals surface area (Å²) in [5.41, 5.74) is 6.53. The van der Waals surface area contributed by atoms with E-state index in [1.807, 2.05) is 22.9 Å².